The van der Waals surface area contributed by atoms with Crippen LogP contribution in [0.25, 0.3) is 0 Å². The highest BCUT2D eigenvalue weighted by Gasteiger charge is 1.80. The average molecular weight is 102 g/mol. The predicted octanol–water partition coefficient (Wildman–Crippen LogP) is 0.527. The SMILES string of the molecule is CO/C=C/C(C)O. The summed E-state index contributed by atoms with van der Waals surface area (Å²) < 4.78 is 4.51. The van der Waals surface area contributed by atoms with Gasteiger partial charge in [-0.1, -0.05) is 0 Å². The van der Waals surface area contributed by atoms with Gasteiger partial charge in [-0.15, -0.1) is 0 Å². The van der Waals surface area contributed by atoms with Crippen LogP contribution in [0.3, 0.4) is 0 Å². The van der Waals surface area contributed by atoms with Gasteiger partial charge in [-0.2, -0.15) is 0 Å². The fraction of sp³-hybridized carbons (Fsp3) is 0.600. The lowest BCUT2D eigenvalue weighted by Crippen LogP contribution is -1.91. The minimum Gasteiger partial charge on any atom is -0.505 e. The summed E-state index contributed by atoms with van der Waals surface area (Å²) in [4.78, 5) is 0. The van der Waals surface area contributed by atoms with E-state index in [0.717, 1.165) is 0 Å². The third kappa shape index (κ3) is 5.50. The minimum absolute atomic E-state index is 0.403. The molecule has 0 heterocycles. The van der Waals surface area contributed by atoms with Crippen molar-refractivity contribution in [1.82, 2.24) is 0 Å². The molecule has 0 rings (SSSR count). The summed E-state index contributed by atoms with van der Waals surface area (Å²) >= 11 is 0. The van der Waals surface area contributed by atoms with Crippen molar-refractivity contribution in [2.45, 2.75) is 13.0 Å². The highest BCUT2D eigenvalue weighted by Crippen LogP contribution is 1.80. The van der Waals surface area contributed by atoms with Crippen LogP contribution in [0.4, 0.5) is 0 Å². The maximum atomic E-state index is 8.52. The number of rotatable bonds is 2. The minimum atomic E-state index is -0.403. The van der Waals surface area contributed by atoms with Crippen molar-refractivity contribution in [3.8, 4) is 0 Å². The summed E-state index contributed by atoms with van der Waals surface area (Å²) in [6, 6.07) is 0. The van der Waals surface area contributed by atoms with Gasteiger partial charge in [-0.05, 0) is 13.0 Å². The van der Waals surface area contributed by atoms with Crippen molar-refractivity contribution in [3.63, 3.8) is 0 Å². The van der Waals surface area contributed by atoms with E-state index in [1.54, 1.807) is 20.1 Å². The third-order valence-electron chi connectivity index (χ3n) is 0.493. The van der Waals surface area contributed by atoms with Crippen molar-refractivity contribution in [2.75, 3.05) is 7.11 Å². The topological polar surface area (TPSA) is 29.5 Å². The molecule has 0 aliphatic heterocycles. The van der Waals surface area contributed by atoms with E-state index in [-0.39, 0.29) is 0 Å². The van der Waals surface area contributed by atoms with Crippen LogP contribution in [0.5, 0.6) is 0 Å². The Bertz CT molecular complexity index is 57.1. The number of ether oxygens (including phenoxy) is 1. The Labute approximate surface area is 43.4 Å². The molecule has 0 saturated heterocycles. The zero-order chi connectivity index (χ0) is 5.70. The smallest absolute Gasteiger partial charge is 0.0810 e. The molecule has 0 spiro atoms. The standard InChI is InChI=1S/C5H10O2/c1-5(6)3-4-7-2/h3-6H,1-2H3/b4-3+. The van der Waals surface area contributed by atoms with Crippen molar-refractivity contribution in [1.29, 1.82) is 0 Å². The van der Waals surface area contributed by atoms with E-state index < -0.39 is 6.10 Å². The monoisotopic (exact) mass is 102 g/mol. The van der Waals surface area contributed by atoms with Gasteiger partial charge < -0.3 is 9.84 Å². The molecule has 1 atom stereocenters. The molecule has 0 aromatic carbocycles. The molecule has 0 radical (unpaired) electrons. The lowest BCUT2D eigenvalue weighted by atomic mass is 10.4. The van der Waals surface area contributed by atoms with Gasteiger partial charge in [0, 0.05) is 0 Å². The normalized spacial score (nSPS) is 14.7. The molecule has 1 unspecified atom stereocenters. The molecule has 2 nitrogen and oxygen atoms in total. The first-order valence-corrected chi connectivity index (χ1v) is 2.15. The van der Waals surface area contributed by atoms with Gasteiger partial charge in [0.25, 0.3) is 0 Å². The molecule has 0 saturated carbocycles. The molecule has 0 aliphatic carbocycles. The largest absolute Gasteiger partial charge is 0.505 e. The Balaban J connectivity index is 3.08. The quantitative estimate of drug-likeness (QED) is 0.515. The van der Waals surface area contributed by atoms with Crippen molar-refractivity contribution in [2.24, 2.45) is 0 Å². The molecule has 0 amide bonds. The van der Waals surface area contributed by atoms with Crippen molar-refractivity contribution < 1.29 is 9.84 Å². The Morgan fingerprint density at radius 2 is 2.29 bits per heavy atom. The van der Waals surface area contributed by atoms with Gasteiger partial charge in [0.15, 0.2) is 0 Å². The fourth-order valence-corrected chi connectivity index (χ4v) is 0.192. The second kappa shape index (κ2) is 3.68. The molecule has 0 aromatic heterocycles. The van der Waals surface area contributed by atoms with E-state index in [9.17, 15) is 0 Å². The molecule has 7 heavy (non-hydrogen) atoms. The van der Waals surface area contributed by atoms with Crippen LogP contribution in [-0.4, -0.2) is 18.3 Å². The van der Waals surface area contributed by atoms with E-state index in [4.69, 9.17) is 5.11 Å². The third-order valence-corrected chi connectivity index (χ3v) is 0.493. The average Bonchev–Trinajstić information content (AvgIpc) is 1.61. The van der Waals surface area contributed by atoms with Crippen LogP contribution < -0.4 is 0 Å². The van der Waals surface area contributed by atoms with Gasteiger partial charge in [0.1, 0.15) is 0 Å². The molecule has 42 valence electrons. The molecule has 0 bridgehead atoms. The van der Waals surface area contributed by atoms with Crippen LogP contribution >= 0.6 is 0 Å². The van der Waals surface area contributed by atoms with Crippen LogP contribution in [0, 0.1) is 0 Å². The van der Waals surface area contributed by atoms with Crippen molar-refractivity contribution >= 4 is 0 Å². The molecule has 2 heteroatoms. The summed E-state index contributed by atoms with van der Waals surface area (Å²) in [6.07, 6.45) is 2.60. The first-order chi connectivity index (χ1) is 3.27. The first kappa shape index (κ1) is 6.50. The van der Waals surface area contributed by atoms with Crippen LogP contribution in [0.2, 0.25) is 0 Å². The molecular weight excluding hydrogens is 92.1 g/mol. The Kier molecular flexibility index (Phi) is 3.42. The van der Waals surface area contributed by atoms with E-state index in [1.807, 2.05) is 0 Å². The summed E-state index contributed by atoms with van der Waals surface area (Å²) in [5.41, 5.74) is 0. The van der Waals surface area contributed by atoms with E-state index in [1.165, 1.54) is 6.26 Å². The van der Waals surface area contributed by atoms with E-state index in [0.29, 0.717) is 0 Å². The van der Waals surface area contributed by atoms with Crippen LogP contribution in [0.15, 0.2) is 12.3 Å². The number of methoxy groups -OCH3 is 1. The van der Waals surface area contributed by atoms with E-state index >= 15 is 0 Å². The zero-order valence-electron chi connectivity index (χ0n) is 4.59. The second-order valence-corrected chi connectivity index (χ2v) is 1.30. The summed E-state index contributed by atoms with van der Waals surface area (Å²) in [7, 11) is 1.54. The van der Waals surface area contributed by atoms with Gasteiger partial charge in [0.05, 0.1) is 19.5 Å². The summed E-state index contributed by atoms with van der Waals surface area (Å²) in [6.45, 7) is 1.66. The molecule has 0 aromatic rings. The number of aliphatic hydroxyl groups is 1. The van der Waals surface area contributed by atoms with Gasteiger partial charge in [-0.25, -0.2) is 0 Å². The Morgan fingerprint density at radius 1 is 1.71 bits per heavy atom. The maximum absolute atomic E-state index is 8.52. The second-order valence-electron chi connectivity index (χ2n) is 1.30. The fourth-order valence-electron chi connectivity index (χ4n) is 0.192. The Morgan fingerprint density at radius 3 is 2.43 bits per heavy atom. The highest BCUT2D eigenvalue weighted by molar-refractivity contribution is 4.78. The van der Waals surface area contributed by atoms with Crippen LogP contribution in [0.1, 0.15) is 6.92 Å². The predicted molar refractivity (Wildman–Crippen MR) is 27.8 cm³/mol. The maximum Gasteiger partial charge on any atom is 0.0810 e. The molecule has 0 fully saturated rings. The number of aliphatic hydroxyl groups excluding tert-OH is 1. The lowest BCUT2D eigenvalue weighted by molar-refractivity contribution is 0.236. The van der Waals surface area contributed by atoms with E-state index in [2.05, 4.69) is 4.74 Å². The van der Waals surface area contributed by atoms with Crippen molar-refractivity contribution in [3.05, 3.63) is 12.3 Å². The molecular formula is C5H10O2. The van der Waals surface area contributed by atoms with Crippen LogP contribution in [-0.2, 0) is 4.74 Å². The lowest BCUT2D eigenvalue weighted by Gasteiger charge is -1.90. The molecule has 1 N–H and O–H groups in total. The number of hydrogen-bond donors (Lipinski definition) is 1. The first-order valence-electron chi connectivity index (χ1n) is 2.15. The number of hydrogen-bond acceptors (Lipinski definition) is 2. The van der Waals surface area contributed by atoms with Gasteiger partial charge in [-0.3, -0.25) is 0 Å². The Hall–Kier alpha value is -0.500. The zero-order valence-corrected chi connectivity index (χ0v) is 4.59. The van der Waals surface area contributed by atoms with Gasteiger partial charge >= 0.3 is 0 Å². The summed E-state index contributed by atoms with van der Waals surface area (Å²) in [5.74, 6) is 0. The highest BCUT2D eigenvalue weighted by atomic mass is 16.5. The van der Waals surface area contributed by atoms with Gasteiger partial charge in [0.2, 0.25) is 0 Å². The summed E-state index contributed by atoms with van der Waals surface area (Å²) in [5, 5.41) is 8.52. The molecule has 0 aliphatic rings.